The number of ether oxygens (including phenoxy) is 4. The second kappa shape index (κ2) is 13.5. The van der Waals surface area contributed by atoms with Gasteiger partial charge < -0.3 is 29.2 Å². The number of carbonyl (C=O) groups excluding carboxylic acids is 2. The number of aromatic amines is 1. The number of H-pyrrole nitrogens is 1. The first-order chi connectivity index (χ1) is 21.0. The Balaban J connectivity index is 1.65. The number of nitrogens with one attached hydrogen (secondary N) is 2. The van der Waals surface area contributed by atoms with E-state index in [2.05, 4.69) is 10.3 Å². The topological polar surface area (TPSA) is 102 Å². The fourth-order valence-corrected chi connectivity index (χ4v) is 5.93. The average Bonchev–Trinajstić information content (AvgIpc) is 3.45. The van der Waals surface area contributed by atoms with Crippen LogP contribution in [0.2, 0.25) is 0 Å². The van der Waals surface area contributed by atoms with Gasteiger partial charge in [-0.3, -0.25) is 14.5 Å². The van der Waals surface area contributed by atoms with E-state index in [9.17, 15) is 9.59 Å². The molecule has 1 aromatic heterocycles. The molecule has 1 atom stereocenters. The highest BCUT2D eigenvalue weighted by atomic mass is 16.5. The molecular formula is C34H39N3O6. The van der Waals surface area contributed by atoms with Crippen LogP contribution in [0.5, 0.6) is 23.0 Å². The second-order valence-corrected chi connectivity index (χ2v) is 10.7. The third kappa shape index (κ3) is 6.40. The van der Waals surface area contributed by atoms with Crippen LogP contribution in [0, 0.1) is 0 Å². The molecule has 0 saturated heterocycles. The molecule has 9 heteroatoms. The Morgan fingerprint density at radius 3 is 2.28 bits per heavy atom. The van der Waals surface area contributed by atoms with Gasteiger partial charge >= 0.3 is 0 Å². The lowest BCUT2D eigenvalue weighted by molar-refractivity contribution is -0.127. The molecule has 9 nitrogen and oxygen atoms in total. The molecule has 0 bridgehead atoms. The Labute approximate surface area is 252 Å². The lowest BCUT2D eigenvalue weighted by atomic mass is 9.94. The van der Waals surface area contributed by atoms with Crippen LogP contribution >= 0.6 is 0 Å². The number of carbonyl (C=O) groups is 2. The number of aromatic nitrogens is 1. The summed E-state index contributed by atoms with van der Waals surface area (Å²) in [6, 6.07) is 17.5. The number of methoxy groups -OCH3 is 4. The van der Waals surface area contributed by atoms with Crippen molar-refractivity contribution in [3.05, 3.63) is 78.0 Å². The molecule has 2 amide bonds. The smallest absolute Gasteiger partial charge is 0.248 e. The number of fused-ring (bicyclic) bond motifs is 1. The lowest BCUT2D eigenvalue weighted by Gasteiger charge is -2.34. The minimum Gasteiger partial charge on any atom is -0.497 e. The normalized spacial score (nSPS) is 14.1. The van der Waals surface area contributed by atoms with Crippen LogP contribution in [0.25, 0.3) is 10.9 Å². The van der Waals surface area contributed by atoms with Crippen molar-refractivity contribution in [1.29, 1.82) is 0 Å². The molecule has 1 heterocycles. The predicted octanol–water partition coefficient (Wildman–Crippen LogP) is 5.97. The Hall–Kier alpha value is -4.66. The summed E-state index contributed by atoms with van der Waals surface area (Å²) in [6.45, 7) is 0. The quantitative estimate of drug-likeness (QED) is 0.225. The van der Waals surface area contributed by atoms with Gasteiger partial charge in [0, 0.05) is 34.9 Å². The minimum absolute atomic E-state index is 0.0293. The summed E-state index contributed by atoms with van der Waals surface area (Å²) in [5, 5.41) is 4.22. The Morgan fingerprint density at radius 1 is 0.884 bits per heavy atom. The van der Waals surface area contributed by atoms with E-state index < -0.39 is 6.04 Å². The van der Waals surface area contributed by atoms with Gasteiger partial charge in [-0.2, -0.15) is 0 Å². The minimum atomic E-state index is -1.04. The molecule has 1 aliphatic carbocycles. The molecule has 0 radical (unpaired) electrons. The van der Waals surface area contributed by atoms with Crippen molar-refractivity contribution in [2.24, 2.45) is 0 Å². The van der Waals surface area contributed by atoms with Gasteiger partial charge in [0.2, 0.25) is 17.6 Å². The molecular weight excluding hydrogens is 546 g/mol. The summed E-state index contributed by atoms with van der Waals surface area (Å²) in [5.41, 5.74) is 2.83. The van der Waals surface area contributed by atoms with E-state index in [1.807, 2.05) is 48.7 Å². The fraction of sp³-hybridized carbons (Fsp3) is 0.353. The standard InChI is InChI=1S/C34H39N3O6/c1-40-26-14-10-13-25(20-26)37(31(38)19-23-21-35-28-16-9-8-15-27(23)28)32(34(39)36-24-11-6-5-7-12-24)22-17-29(41-2)33(43-4)30(18-22)42-3/h8-10,13-18,20-21,24,32,35H,5-7,11-12,19H2,1-4H3,(H,36,39)/t32-/m1/s1. The molecule has 0 unspecified atom stereocenters. The number of benzene rings is 3. The highest BCUT2D eigenvalue weighted by Gasteiger charge is 2.36. The molecule has 1 saturated carbocycles. The molecule has 4 aromatic rings. The van der Waals surface area contributed by atoms with E-state index in [0.29, 0.717) is 34.2 Å². The first kappa shape index (κ1) is 29.8. The highest BCUT2D eigenvalue weighted by Crippen LogP contribution is 2.42. The Kier molecular flexibility index (Phi) is 9.39. The molecule has 226 valence electrons. The van der Waals surface area contributed by atoms with E-state index >= 15 is 0 Å². The van der Waals surface area contributed by atoms with Gasteiger partial charge in [0.1, 0.15) is 11.8 Å². The molecule has 43 heavy (non-hydrogen) atoms. The zero-order chi connectivity index (χ0) is 30.3. The number of nitrogens with zero attached hydrogens (tertiary/aromatic N) is 1. The summed E-state index contributed by atoms with van der Waals surface area (Å²) >= 11 is 0. The molecule has 1 aliphatic rings. The van der Waals surface area contributed by atoms with Crippen LogP contribution in [-0.4, -0.2) is 51.3 Å². The Bertz CT molecular complexity index is 1550. The van der Waals surface area contributed by atoms with E-state index in [0.717, 1.165) is 48.6 Å². The SMILES string of the molecule is COc1cccc(N(C(=O)Cc2c[nH]c3ccccc23)[C@@H](C(=O)NC2CCCCC2)c2cc(OC)c(OC)c(OC)c2)c1. The number of rotatable bonds is 11. The van der Waals surface area contributed by atoms with Crippen molar-refractivity contribution >= 4 is 28.4 Å². The number of hydrogen-bond donors (Lipinski definition) is 2. The number of hydrogen-bond acceptors (Lipinski definition) is 6. The van der Waals surface area contributed by atoms with Crippen LogP contribution in [0.15, 0.2) is 66.9 Å². The van der Waals surface area contributed by atoms with E-state index in [4.69, 9.17) is 18.9 Å². The van der Waals surface area contributed by atoms with Crippen LogP contribution < -0.4 is 29.2 Å². The van der Waals surface area contributed by atoms with Gasteiger partial charge in [-0.05, 0) is 54.3 Å². The van der Waals surface area contributed by atoms with Crippen LogP contribution in [-0.2, 0) is 16.0 Å². The Morgan fingerprint density at radius 2 is 1.60 bits per heavy atom. The third-order valence-electron chi connectivity index (χ3n) is 8.08. The predicted molar refractivity (Wildman–Crippen MR) is 166 cm³/mol. The molecule has 0 spiro atoms. The summed E-state index contributed by atoms with van der Waals surface area (Å²) in [7, 11) is 6.16. The summed E-state index contributed by atoms with van der Waals surface area (Å²) in [4.78, 5) is 33.7. The first-order valence-corrected chi connectivity index (χ1v) is 14.6. The number of amides is 2. The monoisotopic (exact) mass is 585 g/mol. The summed E-state index contributed by atoms with van der Waals surface area (Å²) in [6.07, 6.45) is 6.98. The van der Waals surface area contributed by atoms with E-state index in [1.165, 1.54) is 21.3 Å². The van der Waals surface area contributed by atoms with Crippen molar-refractivity contribution in [2.75, 3.05) is 33.3 Å². The van der Waals surface area contributed by atoms with E-state index in [1.54, 1.807) is 30.2 Å². The zero-order valence-corrected chi connectivity index (χ0v) is 25.1. The van der Waals surface area contributed by atoms with Crippen molar-refractivity contribution in [2.45, 2.75) is 50.6 Å². The number of para-hydroxylation sites is 1. The van der Waals surface area contributed by atoms with Crippen molar-refractivity contribution in [3.8, 4) is 23.0 Å². The third-order valence-corrected chi connectivity index (χ3v) is 8.08. The fourth-order valence-electron chi connectivity index (χ4n) is 5.93. The first-order valence-electron chi connectivity index (χ1n) is 14.6. The molecule has 0 aliphatic heterocycles. The molecule has 3 aromatic carbocycles. The van der Waals surface area contributed by atoms with Gasteiger partial charge in [-0.1, -0.05) is 43.5 Å². The average molecular weight is 586 g/mol. The van der Waals surface area contributed by atoms with Gasteiger partial charge in [-0.15, -0.1) is 0 Å². The maximum absolute atomic E-state index is 14.5. The van der Waals surface area contributed by atoms with Gasteiger partial charge in [0.15, 0.2) is 11.5 Å². The van der Waals surface area contributed by atoms with Crippen LogP contribution in [0.1, 0.15) is 49.3 Å². The zero-order valence-electron chi connectivity index (χ0n) is 25.1. The maximum atomic E-state index is 14.5. The van der Waals surface area contributed by atoms with Gasteiger partial charge in [0.25, 0.3) is 0 Å². The highest BCUT2D eigenvalue weighted by molar-refractivity contribution is 6.03. The summed E-state index contributed by atoms with van der Waals surface area (Å²) in [5.74, 6) is 1.22. The van der Waals surface area contributed by atoms with Gasteiger partial charge in [-0.25, -0.2) is 0 Å². The van der Waals surface area contributed by atoms with E-state index in [-0.39, 0.29) is 24.3 Å². The van der Waals surface area contributed by atoms with Crippen LogP contribution in [0.3, 0.4) is 0 Å². The van der Waals surface area contributed by atoms with Crippen molar-refractivity contribution in [1.82, 2.24) is 10.3 Å². The maximum Gasteiger partial charge on any atom is 0.248 e. The number of anilines is 1. The molecule has 2 N–H and O–H groups in total. The largest absolute Gasteiger partial charge is 0.497 e. The van der Waals surface area contributed by atoms with Crippen molar-refractivity contribution in [3.63, 3.8) is 0 Å². The lowest BCUT2D eigenvalue weighted by Crippen LogP contribution is -2.47. The van der Waals surface area contributed by atoms with Crippen LogP contribution in [0.4, 0.5) is 5.69 Å². The van der Waals surface area contributed by atoms with Gasteiger partial charge in [0.05, 0.1) is 34.9 Å². The summed E-state index contributed by atoms with van der Waals surface area (Å²) < 4.78 is 22.4. The molecule has 1 fully saturated rings. The van der Waals surface area contributed by atoms with Crippen molar-refractivity contribution < 1.29 is 28.5 Å². The second-order valence-electron chi connectivity index (χ2n) is 10.7. The molecule has 5 rings (SSSR count).